The van der Waals surface area contributed by atoms with Gasteiger partial charge in [0, 0.05) is 5.41 Å². The van der Waals surface area contributed by atoms with Gasteiger partial charge in [0.15, 0.2) is 0 Å². The van der Waals surface area contributed by atoms with Gasteiger partial charge in [-0.25, -0.2) is 0 Å². The number of allylic oxidation sites excluding steroid dienone is 3. The predicted molar refractivity (Wildman–Crippen MR) is 134 cm³/mol. The SMILES string of the molecule is CC1=C(c2ccccc2)C1(c1ccccc1)C1(C)C=C(c2ccccc2)c2ccccc21. The van der Waals surface area contributed by atoms with E-state index in [2.05, 4.69) is 135 Å². The zero-order valence-corrected chi connectivity index (χ0v) is 18.5. The van der Waals surface area contributed by atoms with Crippen molar-refractivity contribution in [2.45, 2.75) is 24.7 Å². The molecular formula is C32H26. The largest absolute Gasteiger partial charge is 0.0642 e. The van der Waals surface area contributed by atoms with Crippen LogP contribution in [0.4, 0.5) is 0 Å². The van der Waals surface area contributed by atoms with E-state index >= 15 is 0 Å². The molecule has 0 aliphatic heterocycles. The summed E-state index contributed by atoms with van der Waals surface area (Å²) in [5, 5.41) is 0. The third-order valence-corrected chi connectivity index (χ3v) is 7.59. The molecule has 2 aliphatic carbocycles. The molecule has 6 rings (SSSR count). The lowest BCUT2D eigenvalue weighted by Gasteiger charge is -2.38. The molecule has 0 spiro atoms. The van der Waals surface area contributed by atoms with Gasteiger partial charge in [-0.05, 0) is 45.9 Å². The Labute approximate surface area is 190 Å². The van der Waals surface area contributed by atoms with Crippen LogP contribution in [0.25, 0.3) is 11.1 Å². The van der Waals surface area contributed by atoms with E-state index in [1.54, 1.807) is 0 Å². The summed E-state index contributed by atoms with van der Waals surface area (Å²) in [5.41, 5.74) is 10.7. The Morgan fingerprint density at radius 2 is 1.09 bits per heavy atom. The summed E-state index contributed by atoms with van der Waals surface area (Å²) in [7, 11) is 0. The van der Waals surface area contributed by atoms with Gasteiger partial charge in [-0.15, -0.1) is 0 Å². The molecule has 154 valence electrons. The molecule has 2 atom stereocenters. The second kappa shape index (κ2) is 6.93. The number of benzene rings is 4. The highest BCUT2D eigenvalue weighted by Gasteiger charge is 2.64. The Hall–Kier alpha value is -3.64. The van der Waals surface area contributed by atoms with Crippen molar-refractivity contribution < 1.29 is 0 Å². The number of hydrogen-bond acceptors (Lipinski definition) is 0. The third-order valence-electron chi connectivity index (χ3n) is 7.59. The summed E-state index contributed by atoms with van der Waals surface area (Å²) in [4.78, 5) is 0. The molecule has 4 aromatic carbocycles. The van der Waals surface area contributed by atoms with Gasteiger partial charge in [-0.1, -0.05) is 134 Å². The van der Waals surface area contributed by atoms with E-state index < -0.39 is 0 Å². The summed E-state index contributed by atoms with van der Waals surface area (Å²) >= 11 is 0. The molecule has 4 aromatic rings. The Balaban J connectivity index is 1.63. The Bertz CT molecular complexity index is 1360. The van der Waals surface area contributed by atoms with Crippen LogP contribution in [-0.4, -0.2) is 0 Å². The number of rotatable bonds is 4. The Morgan fingerprint density at radius 1 is 0.562 bits per heavy atom. The van der Waals surface area contributed by atoms with E-state index in [1.165, 1.54) is 44.5 Å². The minimum Gasteiger partial charge on any atom is -0.0642 e. The smallest absolute Gasteiger partial charge is 0.0549 e. The van der Waals surface area contributed by atoms with Crippen LogP contribution in [-0.2, 0) is 10.8 Å². The summed E-state index contributed by atoms with van der Waals surface area (Å²) < 4.78 is 0. The molecular weight excluding hydrogens is 384 g/mol. The van der Waals surface area contributed by atoms with Gasteiger partial charge in [0.2, 0.25) is 0 Å². The van der Waals surface area contributed by atoms with Crippen LogP contribution in [0.1, 0.15) is 41.7 Å². The average molecular weight is 411 g/mol. The first-order chi connectivity index (χ1) is 15.7. The van der Waals surface area contributed by atoms with Gasteiger partial charge in [-0.2, -0.15) is 0 Å². The molecule has 0 amide bonds. The van der Waals surface area contributed by atoms with Crippen molar-refractivity contribution in [2.75, 3.05) is 0 Å². The van der Waals surface area contributed by atoms with Crippen LogP contribution in [0.5, 0.6) is 0 Å². The number of fused-ring (bicyclic) bond motifs is 1. The summed E-state index contributed by atoms with van der Waals surface area (Å²) in [6, 6.07) is 41.8. The molecule has 0 aromatic heterocycles. The minimum atomic E-state index is -0.175. The maximum absolute atomic E-state index is 2.54. The van der Waals surface area contributed by atoms with Crippen LogP contribution in [0, 0.1) is 0 Å². The van der Waals surface area contributed by atoms with Crippen molar-refractivity contribution in [2.24, 2.45) is 0 Å². The fourth-order valence-electron chi connectivity index (χ4n) is 6.22. The third kappa shape index (κ3) is 2.44. The van der Waals surface area contributed by atoms with Gasteiger partial charge in [0.25, 0.3) is 0 Å². The van der Waals surface area contributed by atoms with Crippen LogP contribution in [0.3, 0.4) is 0 Å². The lowest BCUT2D eigenvalue weighted by atomic mass is 9.63. The van der Waals surface area contributed by atoms with E-state index in [1.807, 2.05) is 0 Å². The maximum Gasteiger partial charge on any atom is 0.0549 e. The highest BCUT2D eigenvalue weighted by Crippen LogP contribution is 2.71. The predicted octanol–water partition coefficient (Wildman–Crippen LogP) is 7.81. The van der Waals surface area contributed by atoms with E-state index in [9.17, 15) is 0 Å². The second-order valence-electron chi connectivity index (χ2n) is 9.15. The van der Waals surface area contributed by atoms with Crippen LogP contribution in [0.2, 0.25) is 0 Å². The zero-order valence-electron chi connectivity index (χ0n) is 18.5. The van der Waals surface area contributed by atoms with E-state index in [-0.39, 0.29) is 10.8 Å². The maximum atomic E-state index is 2.54. The Kier molecular flexibility index (Phi) is 4.13. The van der Waals surface area contributed by atoms with Crippen molar-refractivity contribution in [3.8, 4) is 0 Å². The van der Waals surface area contributed by atoms with Crippen LogP contribution >= 0.6 is 0 Å². The number of hydrogen-bond donors (Lipinski definition) is 0. The average Bonchev–Trinajstić information content (AvgIpc) is 3.39. The monoisotopic (exact) mass is 410 g/mol. The molecule has 0 fully saturated rings. The molecule has 0 saturated heterocycles. The van der Waals surface area contributed by atoms with Crippen molar-refractivity contribution in [1.82, 2.24) is 0 Å². The molecule has 0 N–H and O–H groups in total. The van der Waals surface area contributed by atoms with Crippen molar-refractivity contribution >= 4 is 11.1 Å². The van der Waals surface area contributed by atoms with E-state index in [0.29, 0.717) is 0 Å². The van der Waals surface area contributed by atoms with Crippen LogP contribution < -0.4 is 0 Å². The van der Waals surface area contributed by atoms with Gasteiger partial charge in [0.05, 0.1) is 5.41 Å². The highest BCUT2D eigenvalue weighted by molar-refractivity contribution is 6.01. The summed E-state index contributed by atoms with van der Waals surface area (Å²) in [6.07, 6.45) is 2.54. The molecule has 0 nitrogen and oxygen atoms in total. The molecule has 0 heterocycles. The zero-order chi connectivity index (χ0) is 21.8. The van der Waals surface area contributed by atoms with Gasteiger partial charge >= 0.3 is 0 Å². The molecule has 32 heavy (non-hydrogen) atoms. The normalized spacial score (nSPS) is 23.6. The van der Waals surface area contributed by atoms with Crippen LogP contribution in [0.15, 0.2) is 127 Å². The first kappa shape index (κ1) is 19.1. The lowest BCUT2D eigenvalue weighted by Crippen LogP contribution is -2.37. The summed E-state index contributed by atoms with van der Waals surface area (Å²) in [6.45, 7) is 4.77. The Morgan fingerprint density at radius 3 is 1.75 bits per heavy atom. The molecule has 0 bridgehead atoms. The molecule has 2 unspecified atom stereocenters. The lowest BCUT2D eigenvalue weighted by molar-refractivity contribution is 0.480. The molecule has 0 saturated carbocycles. The van der Waals surface area contributed by atoms with Crippen molar-refractivity contribution in [3.63, 3.8) is 0 Å². The van der Waals surface area contributed by atoms with Gasteiger partial charge < -0.3 is 0 Å². The van der Waals surface area contributed by atoms with E-state index in [4.69, 9.17) is 0 Å². The first-order valence-electron chi connectivity index (χ1n) is 11.4. The standard InChI is InChI=1S/C32H26/c1-23-30(25-16-8-4-9-17-25)32(23,26-18-10-5-11-19-26)31(2)22-28(24-14-6-3-7-15-24)27-20-12-13-21-29(27)31/h3-22H,1-2H3. The second-order valence-corrected chi connectivity index (χ2v) is 9.15. The molecule has 0 heteroatoms. The minimum absolute atomic E-state index is 0.151. The topological polar surface area (TPSA) is 0 Å². The van der Waals surface area contributed by atoms with Gasteiger partial charge in [0.1, 0.15) is 0 Å². The first-order valence-corrected chi connectivity index (χ1v) is 11.4. The van der Waals surface area contributed by atoms with E-state index in [0.717, 1.165) is 0 Å². The van der Waals surface area contributed by atoms with Crippen molar-refractivity contribution in [1.29, 1.82) is 0 Å². The molecule has 2 aliphatic rings. The van der Waals surface area contributed by atoms with Crippen molar-refractivity contribution in [3.05, 3.63) is 155 Å². The van der Waals surface area contributed by atoms with Gasteiger partial charge in [-0.3, -0.25) is 0 Å². The molecule has 0 radical (unpaired) electrons. The summed E-state index contributed by atoms with van der Waals surface area (Å²) in [5.74, 6) is 0. The quantitative estimate of drug-likeness (QED) is 0.322. The fourth-order valence-corrected chi connectivity index (χ4v) is 6.22. The highest BCUT2D eigenvalue weighted by atomic mass is 14.7. The fraction of sp³-hybridized carbons (Fsp3) is 0.125.